The van der Waals surface area contributed by atoms with Gasteiger partial charge < -0.3 is 14.5 Å². The molecule has 1 fully saturated rings. The molecule has 0 saturated carbocycles. The fourth-order valence-electron chi connectivity index (χ4n) is 3.48. The molecule has 31 heavy (non-hydrogen) atoms. The van der Waals surface area contributed by atoms with E-state index in [0.29, 0.717) is 47.8 Å². The predicted molar refractivity (Wildman–Crippen MR) is 120 cm³/mol. The largest absolute Gasteiger partial charge is 0.444 e. The molecule has 0 spiro atoms. The van der Waals surface area contributed by atoms with E-state index in [0.717, 1.165) is 11.4 Å². The van der Waals surface area contributed by atoms with Gasteiger partial charge in [-0.3, -0.25) is 0 Å². The molecule has 1 saturated heterocycles. The number of anilines is 1. The summed E-state index contributed by atoms with van der Waals surface area (Å²) in [7, 11) is 0. The van der Waals surface area contributed by atoms with E-state index in [-0.39, 0.29) is 11.9 Å². The molecule has 1 aromatic carbocycles. The third kappa shape index (κ3) is 4.88. The Morgan fingerprint density at radius 2 is 1.84 bits per heavy atom. The average Bonchev–Trinajstić information content (AvgIpc) is 2.72. The van der Waals surface area contributed by atoms with E-state index in [9.17, 15) is 9.18 Å². The average molecular weight is 443 g/mol. The number of benzene rings is 1. The highest BCUT2D eigenvalue weighted by Crippen LogP contribution is 2.29. The van der Waals surface area contributed by atoms with Crippen LogP contribution < -0.4 is 4.90 Å². The van der Waals surface area contributed by atoms with Crippen LogP contribution in [-0.4, -0.2) is 52.7 Å². The Kier molecular flexibility index (Phi) is 5.71. The molecule has 1 amide bonds. The zero-order valence-corrected chi connectivity index (χ0v) is 18.5. The Morgan fingerprint density at radius 3 is 2.48 bits per heavy atom. The Morgan fingerprint density at radius 1 is 1.10 bits per heavy atom. The molecule has 162 valence electrons. The van der Waals surface area contributed by atoms with Crippen LogP contribution in [0.2, 0.25) is 5.02 Å². The second-order valence-corrected chi connectivity index (χ2v) is 8.92. The van der Waals surface area contributed by atoms with Crippen LogP contribution in [-0.2, 0) is 4.74 Å². The Balaban J connectivity index is 1.46. The number of carbonyl (C=O) groups is 1. The van der Waals surface area contributed by atoms with Crippen LogP contribution in [0.3, 0.4) is 0 Å². The lowest BCUT2D eigenvalue weighted by Gasteiger charge is -2.36. The Bertz CT molecular complexity index is 1110. The summed E-state index contributed by atoms with van der Waals surface area (Å²) in [5.74, 6) is 0.470. The molecule has 0 aliphatic carbocycles. The molecule has 2 aromatic heterocycles. The maximum absolute atomic E-state index is 13.6. The van der Waals surface area contributed by atoms with Gasteiger partial charge in [-0.05, 0) is 51.1 Å². The topological polar surface area (TPSA) is 58.6 Å². The normalized spacial score (nSPS) is 14.7. The summed E-state index contributed by atoms with van der Waals surface area (Å²) in [6.07, 6.45) is 1.45. The minimum atomic E-state index is -0.503. The van der Waals surface area contributed by atoms with E-state index in [4.69, 9.17) is 16.3 Å². The van der Waals surface area contributed by atoms with Crippen molar-refractivity contribution in [1.29, 1.82) is 0 Å². The van der Waals surface area contributed by atoms with Crippen LogP contribution in [0, 0.1) is 5.82 Å². The first kappa shape index (κ1) is 21.3. The summed E-state index contributed by atoms with van der Waals surface area (Å²) in [6.45, 7) is 8.08. The van der Waals surface area contributed by atoms with Gasteiger partial charge in [0.05, 0.1) is 16.2 Å². The highest BCUT2D eigenvalue weighted by atomic mass is 35.5. The summed E-state index contributed by atoms with van der Waals surface area (Å²) in [5, 5.41) is 1.22. The first-order valence-corrected chi connectivity index (χ1v) is 10.5. The van der Waals surface area contributed by atoms with E-state index in [2.05, 4.69) is 14.9 Å². The molecule has 0 atom stereocenters. The number of halogens is 2. The molecule has 0 unspecified atom stereocenters. The summed E-state index contributed by atoms with van der Waals surface area (Å²) in [5.41, 5.74) is 1.43. The van der Waals surface area contributed by atoms with Crippen molar-refractivity contribution in [3.63, 3.8) is 0 Å². The number of rotatable bonds is 2. The van der Waals surface area contributed by atoms with E-state index in [1.165, 1.54) is 12.1 Å². The summed E-state index contributed by atoms with van der Waals surface area (Å²) >= 11 is 6.36. The number of hydrogen-bond donors (Lipinski definition) is 0. The van der Waals surface area contributed by atoms with Gasteiger partial charge in [-0.15, -0.1) is 0 Å². The van der Waals surface area contributed by atoms with E-state index in [1.54, 1.807) is 23.2 Å². The van der Waals surface area contributed by atoms with Crippen molar-refractivity contribution >= 4 is 34.4 Å². The highest BCUT2D eigenvalue weighted by Gasteiger charge is 2.26. The molecule has 0 radical (unpaired) electrons. The molecule has 6 nitrogen and oxygen atoms in total. The van der Waals surface area contributed by atoms with Crippen LogP contribution in [0.5, 0.6) is 0 Å². The van der Waals surface area contributed by atoms with Crippen molar-refractivity contribution in [2.75, 3.05) is 31.1 Å². The van der Waals surface area contributed by atoms with Gasteiger partial charge in [0.15, 0.2) is 0 Å². The van der Waals surface area contributed by atoms with Crippen LogP contribution in [0.15, 0.2) is 42.6 Å². The van der Waals surface area contributed by atoms with Gasteiger partial charge in [-0.1, -0.05) is 11.6 Å². The van der Waals surface area contributed by atoms with Gasteiger partial charge in [-0.2, -0.15) is 0 Å². The minimum Gasteiger partial charge on any atom is -0.444 e. The van der Waals surface area contributed by atoms with Crippen molar-refractivity contribution in [2.45, 2.75) is 26.4 Å². The lowest BCUT2D eigenvalue weighted by molar-refractivity contribution is 0.0240. The minimum absolute atomic E-state index is 0.286. The second kappa shape index (κ2) is 8.30. The van der Waals surface area contributed by atoms with Crippen molar-refractivity contribution in [3.8, 4) is 11.3 Å². The number of ether oxygens (including phenoxy) is 1. The van der Waals surface area contributed by atoms with E-state index >= 15 is 0 Å². The molecule has 1 aliphatic heterocycles. The van der Waals surface area contributed by atoms with Crippen LogP contribution in [0.4, 0.5) is 15.0 Å². The Hall–Kier alpha value is -2.93. The molecule has 8 heteroatoms. The smallest absolute Gasteiger partial charge is 0.410 e. The van der Waals surface area contributed by atoms with Gasteiger partial charge in [0, 0.05) is 49.4 Å². The van der Waals surface area contributed by atoms with Crippen molar-refractivity contribution in [3.05, 3.63) is 53.4 Å². The molecule has 0 bridgehead atoms. The van der Waals surface area contributed by atoms with E-state index in [1.807, 2.05) is 32.9 Å². The number of aromatic nitrogens is 2. The summed E-state index contributed by atoms with van der Waals surface area (Å²) in [4.78, 5) is 25.2. The fourth-order valence-corrected chi connectivity index (χ4v) is 3.74. The van der Waals surface area contributed by atoms with Crippen molar-refractivity contribution in [1.82, 2.24) is 14.9 Å². The molecule has 1 aliphatic rings. The van der Waals surface area contributed by atoms with Gasteiger partial charge in [0.25, 0.3) is 0 Å². The molecule has 3 heterocycles. The second-order valence-electron chi connectivity index (χ2n) is 8.51. The molecular weight excluding hydrogens is 419 g/mol. The maximum Gasteiger partial charge on any atom is 0.410 e. The van der Waals surface area contributed by atoms with Gasteiger partial charge in [0.1, 0.15) is 17.2 Å². The first-order chi connectivity index (χ1) is 14.7. The number of fused-ring (bicyclic) bond motifs is 1. The quantitative estimate of drug-likeness (QED) is 0.549. The maximum atomic E-state index is 13.6. The van der Waals surface area contributed by atoms with Crippen LogP contribution in [0.1, 0.15) is 20.8 Å². The number of pyridine rings is 2. The summed E-state index contributed by atoms with van der Waals surface area (Å²) in [6, 6.07) is 9.97. The zero-order valence-electron chi connectivity index (χ0n) is 17.7. The lowest BCUT2D eigenvalue weighted by atomic mass is 10.1. The number of nitrogens with zero attached hydrogens (tertiary/aromatic N) is 4. The molecule has 3 aromatic rings. The van der Waals surface area contributed by atoms with Gasteiger partial charge in [0.2, 0.25) is 0 Å². The predicted octanol–water partition coefficient (Wildman–Crippen LogP) is 5.15. The third-order valence-corrected chi connectivity index (χ3v) is 5.33. The third-order valence-electron chi connectivity index (χ3n) is 5.02. The summed E-state index contributed by atoms with van der Waals surface area (Å²) < 4.78 is 19.0. The Labute approximate surface area is 185 Å². The van der Waals surface area contributed by atoms with Crippen molar-refractivity contribution in [2.24, 2.45) is 0 Å². The zero-order chi connectivity index (χ0) is 22.2. The van der Waals surface area contributed by atoms with Crippen LogP contribution in [0.25, 0.3) is 22.2 Å². The van der Waals surface area contributed by atoms with Gasteiger partial charge in [-0.25, -0.2) is 19.2 Å². The van der Waals surface area contributed by atoms with E-state index < -0.39 is 5.60 Å². The molecule has 0 N–H and O–H groups in total. The number of amides is 1. The molecular formula is C23H24ClFN4O2. The standard InChI is InChI=1S/C23H24ClFN4O2/c1-23(2,3)31-22(30)29-10-8-28(9-11-29)21-7-4-15(14-26-21)19-13-18(24)17-6-5-16(25)12-20(17)27-19/h4-7,12-14H,8-11H2,1-3H3. The van der Waals surface area contributed by atoms with Crippen molar-refractivity contribution < 1.29 is 13.9 Å². The number of hydrogen-bond acceptors (Lipinski definition) is 5. The van der Waals surface area contributed by atoms with Gasteiger partial charge >= 0.3 is 6.09 Å². The highest BCUT2D eigenvalue weighted by molar-refractivity contribution is 6.35. The first-order valence-electron chi connectivity index (χ1n) is 10.1. The fraction of sp³-hybridized carbons (Fsp3) is 0.348. The monoisotopic (exact) mass is 442 g/mol. The number of piperazine rings is 1. The number of carbonyl (C=O) groups excluding carboxylic acids is 1. The SMILES string of the molecule is CC(C)(C)OC(=O)N1CCN(c2ccc(-c3cc(Cl)c4ccc(F)cc4n3)cn2)CC1. The molecule has 4 rings (SSSR count). The lowest BCUT2D eigenvalue weighted by Crippen LogP contribution is -2.50. The van der Waals surface area contributed by atoms with Crippen LogP contribution >= 0.6 is 11.6 Å².